The minimum absolute atomic E-state index is 0.00988. The number of nitrogens with zero attached hydrogens (tertiary/aromatic N) is 5. The van der Waals surface area contributed by atoms with E-state index in [1.54, 1.807) is 35.8 Å². The Morgan fingerprint density at radius 2 is 2.11 bits per heavy atom. The highest BCUT2D eigenvalue weighted by atomic mass is 16.5. The molecule has 1 atom stereocenters. The molecule has 0 saturated carbocycles. The van der Waals surface area contributed by atoms with Crippen LogP contribution in [0.1, 0.15) is 37.3 Å². The normalized spacial score (nSPS) is 19.7. The number of ether oxygens (including phenoxy) is 1. The zero-order chi connectivity index (χ0) is 19.3. The Morgan fingerprint density at radius 3 is 2.89 bits per heavy atom. The number of carbonyl (C=O) groups is 2. The molecule has 2 aliphatic rings. The van der Waals surface area contributed by atoms with Gasteiger partial charge in [0.1, 0.15) is 5.75 Å². The predicted octanol–water partition coefficient (Wildman–Crippen LogP) is 1.99. The molecule has 146 valence electrons. The van der Waals surface area contributed by atoms with Crippen LogP contribution >= 0.6 is 0 Å². The van der Waals surface area contributed by atoms with Crippen LogP contribution in [0.2, 0.25) is 0 Å². The van der Waals surface area contributed by atoms with Crippen LogP contribution in [0.15, 0.2) is 36.9 Å². The van der Waals surface area contributed by atoms with Crippen molar-refractivity contribution in [3.05, 3.63) is 42.6 Å². The molecule has 28 heavy (non-hydrogen) atoms. The maximum absolute atomic E-state index is 12.6. The lowest BCUT2D eigenvalue weighted by atomic mass is 9.95. The standard InChI is InChI=1S/C20H23N5O3/c26-19-6-3-9-25(19)14-20(27)24-8-2-4-15(13-24)17-11-22-12-18(23-17)28-16-5-1-7-21-10-16/h1,5,7,10-12,15H,2-4,6,8-9,13-14H2/t15-/m1/s1. The second-order valence-corrected chi connectivity index (χ2v) is 7.17. The molecule has 4 rings (SSSR count). The van der Waals surface area contributed by atoms with E-state index in [-0.39, 0.29) is 24.3 Å². The number of pyridine rings is 1. The van der Waals surface area contributed by atoms with Crippen molar-refractivity contribution in [2.75, 3.05) is 26.2 Å². The van der Waals surface area contributed by atoms with Crippen LogP contribution in [0.5, 0.6) is 11.6 Å². The Morgan fingerprint density at radius 1 is 1.18 bits per heavy atom. The Balaban J connectivity index is 1.40. The monoisotopic (exact) mass is 381 g/mol. The number of likely N-dealkylation sites (tertiary alicyclic amines) is 2. The molecule has 8 nitrogen and oxygen atoms in total. The van der Waals surface area contributed by atoms with Gasteiger partial charge < -0.3 is 14.5 Å². The minimum Gasteiger partial charge on any atom is -0.436 e. The van der Waals surface area contributed by atoms with Crippen molar-refractivity contribution in [3.8, 4) is 11.6 Å². The third-order valence-electron chi connectivity index (χ3n) is 5.18. The van der Waals surface area contributed by atoms with Crippen molar-refractivity contribution in [3.63, 3.8) is 0 Å². The maximum Gasteiger partial charge on any atom is 0.242 e. The van der Waals surface area contributed by atoms with Gasteiger partial charge in [0.15, 0.2) is 0 Å². The van der Waals surface area contributed by atoms with Crippen molar-refractivity contribution in [2.24, 2.45) is 0 Å². The molecule has 0 N–H and O–H groups in total. The summed E-state index contributed by atoms with van der Waals surface area (Å²) in [5, 5.41) is 0. The average molecular weight is 381 g/mol. The zero-order valence-corrected chi connectivity index (χ0v) is 15.7. The summed E-state index contributed by atoms with van der Waals surface area (Å²) in [5.74, 6) is 1.21. The number of aromatic nitrogens is 3. The molecule has 0 bridgehead atoms. The van der Waals surface area contributed by atoms with Crippen LogP contribution in [-0.4, -0.2) is 62.7 Å². The summed E-state index contributed by atoms with van der Waals surface area (Å²) >= 11 is 0. The van der Waals surface area contributed by atoms with Crippen LogP contribution in [-0.2, 0) is 9.59 Å². The second-order valence-electron chi connectivity index (χ2n) is 7.17. The lowest BCUT2D eigenvalue weighted by Gasteiger charge is -2.33. The largest absolute Gasteiger partial charge is 0.436 e. The highest BCUT2D eigenvalue weighted by Crippen LogP contribution is 2.27. The van der Waals surface area contributed by atoms with E-state index in [4.69, 9.17) is 4.74 Å². The number of amides is 2. The van der Waals surface area contributed by atoms with E-state index in [1.165, 1.54) is 0 Å². The van der Waals surface area contributed by atoms with Crippen LogP contribution in [0.25, 0.3) is 0 Å². The lowest BCUT2D eigenvalue weighted by molar-refractivity contribution is -0.139. The summed E-state index contributed by atoms with van der Waals surface area (Å²) < 4.78 is 5.72. The summed E-state index contributed by atoms with van der Waals surface area (Å²) in [6, 6.07) is 3.60. The fraction of sp³-hybridized carbons (Fsp3) is 0.450. The molecule has 0 unspecified atom stereocenters. The highest BCUT2D eigenvalue weighted by molar-refractivity contribution is 5.86. The van der Waals surface area contributed by atoms with Gasteiger partial charge >= 0.3 is 0 Å². The summed E-state index contributed by atoms with van der Waals surface area (Å²) in [6.45, 7) is 2.17. The topological polar surface area (TPSA) is 88.5 Å². The van der Waals surface area contributed by atoms with Crippen molar-refractivity contribution in [1.82, 2.24) is 24.8 Å². The van der Waals surface area contributed by atoms with Crippen molar-refractivity contribution in [2.45, 2.75) is 31.6 Å². The van der Waals surface area contributed by atoms with Gasteiger partial charge in [0.25, 0.3) is 0 Å². The van der Waals surface area contributed by atoms with Crippen LogP contribution in [0, 0.1) is 0 Å². The van der Waals surface area contributed by atoms with Gasteiger partial charge in [-0.05, 0) is 31.4 Å². The number of hydrogen-bond acceptors (Lipinski definition) is 6. The van der Waals surface area contributed by atoms with Crippen molar-refractivity contribution in [1.29, 1.82) is 0 Å². The molecule has 2 aromatic rings. The summed E-state index contributed by atoms with van der Waals surface area (Å²) in [5.41, 5.74) is 0.816. The van der Waals surface area contributed by atoms with Crippen molar-refractivity contribution >= 4 is 11.8 Å². The molecule has 0 radical (unpaired) electrons. The fourth-order valence-corrected chi connectivity index (χ4v) is 3.72. The molecular weight excluding hydrogens is 358 g/mol. The van der Waals surface area contributed by atoms with Gasteiger partial charge in [-0.1, -0.05) is 0 Å². The molecule has 8 heteroatoms. The van der Waals surface area contributed by atoms with E-state index in [1.807, 2.05) is 11.0 Å². The molecule has 2 aliphatic heterocycles. The summed E-state index contributed by atoms with van der Waals surface area (Å²) in [7, 11) is 0. The van der Waals surface area contributed by atoms with Crippen molar-refractivity contribution < 1.29 is 14.3 Å². The molecular formula is C20H23N5O3. The van der Waals surface area contributed by atoms with E-state index in [9.17, 15) is 9.59 Å². The van der Waals surface area contributed by atoms with Gasteiger partial charge in [-0.3, -0.25) is 19.6 Å². The minimum atomic E-state index is 0.00988. The Hall–Kier alpha value is -3.03. The summed E-state index contributed by atoms with van der Waals surface area (Å²) in [4.78, 5) is 40.8. The smallest absolute Gasteiger partial charge is 0.242 e. The first-order chi connectivity index (χ1) is 13.7. The molecule has 2 fully saturated rings. The van der Waals surface area contributed by atoms with E-state index < -0.39 is 0 Å². The van der Waals surface area contributed by atoms with Gasteiger partial charge in [-0.25, -0.2) is 4.98 Å². The van der Waals surface area contributed by atoms with Gasteiger partial charge in [0.05, 0.1) is 24.6 Å². The third kappa shape index (κ3) is 4.27. The van der Waals surface area contributed by atoms with E-state index in [0.29, 0.717) is 31.1 Å². The van der Waals surface area contributed by atoms with E-state index in [0.717, 1.165) is 31.5 Å². The number of rotatable bonds is 5. The molecule has 2 saturated heterocycles. The molecule has 4 heterocycles. The molecule has 0 aromatic carbocycles. The fourth-order valence-electron chi connectivity index (χ4n) is 3.72. The number of piperidine rings is 1. The first-order valence-corrected chi connectivity index (χ1v) is 9.64. The molecule has 2 amide bonds. The predicted molar refractivity (Wildman–Crippen MR) is 101 cm³/mol. The van der Waals surface area contributed by atoms with Gasteiger partial charge in [-0.2, -0.15) is 0 Å². The zero-order valence-electron chi connectivity index (χ0n) is 15.7. The summed E-state index contributed by atoms with van der Waals surface area (Å²) in [6.07, 6.45) is 9.84. The van der Waals surface area contributed by atoms with Gasteiger partial charge in [-0.15, -0.1) is 0 Å². The average Bonchev–Trinajstić information content (AvgIpc) is 3.13. The SMILES string of the molecule is O=C1CCCN1CC(=O)N1CCC[C@@H](c2cncc(Oc3cccnc3)n2)C1. The first kappa shape index (κ1) is 18.3. The number of carbonyl (C=O) groups excluding carboxylic acids is 2. The first-order valence-electron chi connectivity index (χ1n) is 9.64. The Labute approximate surface area is 163 Å². The van der Waals surface area contributed by atoms with Gasteiger partial charge in [0.2, 0.25) is 17.7 Å². The van der Waals surface area contributed by atoms with E-state index in [2.05, 4.69) is 15.0 Å². The second kappa shape index (κ2) is 8.33. The van der Waals surface area contributed by atoms with Crippen LogP contribution in [0.4, 0.5) is 0 Å². The number of hydrogen-bond donors (Lipinski definition) is 0. The third-order valence-corrected chi connectivity index (χ3v) is 5.18. The lowest BCUT2D eigenvalue weighted by Crippen LogP contribution is -2.45. The van der Waals surface area contributed by atoms with Crippen LogP contribution in [0.3, 0.4) is 0 Å². The maximum atomic E-state index is 12.6. The molecule has 0 spiro atoms. The van der Waals surface area contributed by atoms with E-state index >= 15 is 0 Å². The Bertz CT molecular complexity index is 845. The van der Waals surface area contributed by atoms with Crippen LogP contribution < -0.4 is 4.74 Å². The quantitative estimate of drug-likeness (QED) is 0.787. The Kier molecular flexibility index (Phi) is 5.45. The molecule has 2 aromatic heterocycles. The highest BCUT2D eigenvalue weighted by Gasteiger charge is 2.29. The molecule has 0 aliphatic carbocycles. The van der Waals surface area contributed by atoms with Gasteiger partial charge in [0, 0.05) is 44.4 Å².